The Morgan fingerprint density at radius 1 is 0.907 bits per heavy atom. The molecule has 4 aromatic carbocycles. The number of rotatable bonds is 12. The fourth-order valence-corrected chi connectivity index (χ4v) is 6.10. The van der Waals surface area contributed by atoms with E-state index in [1.54, 1.807) is 28.0 Å². The highest BCUT2D eigenvalue weighted by atomic mass is 35.5. The third-order valence-corrected chi connectivity index (χ3v) is 8.79. The maximum absolute atomic E-state index is 14.1. The van der Waals surface area contributed by atoms with Gasteiger partial charge < -0.3 is 15.1 Å². The van der Waals surface area contributed by atoms with Crippen molar-refractivity contribution in [3.05, 3.63) is 112 Å². The van der Waals surface area contributed by atoms with E-state index in [0.717, 1.165) is 28.4 Å². The molecule has 1 aliphatic heterocycles. The molecule has 5 rings (SSSR count). The summed E-state index contributed by atoms with van der Waals surface area (Å²) in [5.41, 5.74) is 3.06. The summed E-state index contributed by atoms with van der Waals surface area (Å²) in [5, 5.41) is 5.90. The fraction of sp³-hybridized carbons (Fsp3) is 0.286. The number of carbonyl (C=O) groups excluding carboxylic acids is 3. The van der Waals surface area contributed by atoms with Crippen LogP contribution in [0.1, 0.15) is 54.6 Å². The molecule has 0 unspecified atom stereocenters. The first kappa shape index (κ1) is 30.6. The summed E-state index contributed by atoms with van der Waals surface area (Å²) in [5.74, 6) is -0.501. The van der Waals surface area contributed by atoms with Crippen molar-refractivity contribution in [2.45, 2.75) is 58.2 Å². The monoisotopic (exact) mass is 615 g/mol. The summed E-state index contributed by atoms with van der Waals surface area (Å²) in [7, 11) is 0. The van der Waals surface area contributed by atoms with Crippen LogP contribution in [-0.2, 0) is 22.6 Å². The van der Waals surface area contributed by atoms with Crippen LogP contribution in [0.2, 0.25) is 10.0 Å². The number of anilines is 1. The minimum absolute atomic E-state index is 0.0582. The molecule has 0 aromatic heterocycles. The smallest absolute Gasteiger partial charge is 0.258 e. The van der Waals surface area contributed by atoms with Gasteiger partial charge in [0.15, 0.2) is 0 Å². The number of benzene rings is 4. The molecule has 2 atom stereocenters. The van der Waals surface area contributed by atoms with Gasteiger partial charge in [0.25, 0.3) is 5.91 Å². The zero-order valence-corrected chi connectivity index (χ0v) is 25.9. The molecule has 3 amide bonds. The second kappa shape index (κ2) is 13.6. The Morgan fingerprint density at radius 2 is 1.58 bits per heavy atom. The number of carbonyl (C=O) groups is 3. The number of nitrogens with one attached hydrogen (secondary N) is 1. The molecule has 222 valence electrons. The van der Waals surface area contributed by atoms with Crippen molar-refractivity contribution in [1.82, 2.24) is 10.2 Å². The van der Waals surface area contributed by atoms with Gasteiger partial charge in [0.1, 0.15) is 6.04 Å². The van der Waals surface area contributed by atoms with Crippen LogP contribution in [0.3, 0.4) is 0 Å². The number of halogens is 2. The molecular formula is C35H35Cl2N3O3. The molecule has 0 radical (unpaired) electrons. The highest BCUT2D eigenvalue weighted by Gasteiger charge is 2.33. The van der Waals surface area contributed by atoms with Crippen molar-refractivity contribution in [2.75, 3.05) is 11.4 Å². The number of hydrogen-bond acceptors (Lipinski definition) is 3. The summed E-state index contributed by atoms with van der Waals surface area (Å²) in [6, 6.07) is 25.6. The van der Waals surface area contributed by atoms with Crippen LogP contribution in [0.15, 0.2) is 84.9 Å². The first-order chi connectivity index (χ1) is 20.8. The van der Waals surface area contributed by atoms with Gasteiger partial charge in [0.2, 0.25) is 11.8 Å². The molecule has 1 heterocycles. The molecule has 0 saturated carbocycles. The summed E-state index contributed by atoms with van der Waals surface area (Å²) in [6.07, 6.45) is 1.65. The average Bonchev–Trinajstić information content (AvgIpc) is 3.28. The van der Waals surface area contributed by atoms with E-state index in [1.807, 2.05) is 80.6 Å². The zero-order valence-electron chi connectivity index (χ0n) is 24.4. The van der Waals surface area contributed by atoms with Crippen LogP contribution < -0.4 is 10.2 Å². The quantitative estimate of drug-likeness (QED) is 0.180. The Kier molecular flexibility index (Phi) is 9.69. The lowest BCUT2D eigenvalue weighted by Crippen LogP contribution is -2.52. The summed E-state index contributed by atoms with van der Waals surface area (Å²) in [6.45, 7) is 4.40. The number of amides is 3. The molecule has 0 saturated heterocycles. The van der Waals surface area contributed by atoms with Crippen LogP contribution in [0, 0.1) is 0 Å². The Balaban J connectivity index is 1.41. The van der Waals surface area contributed by atoms with Gasteiger partial charge in [-0.2, -0.15) is 0 Å². The molecule has 1 N–H and O–H groups in total. The Bertz CT molecular complexity index is 1620. The van der Waals surface area contributed by atoms with E-state index in [0.29, 0.717) is 40.6 Å². The standard InChI is InChI=1S/C35H35Cl2N3O3/c1-3-23(2)38-34(42)31(21-24-11-5-4-6-12-24)40(22-27-28(36)16-9-17-29(27)37)32(41)19-10-20-39-30-18-8-14-25-13-7-15-26(33(25)30)35(39)43/h4-9,11-18,23,31H,3,10,19-22H2,1-2H3,(H,38,42)/t23-,31-/m1/s1. The van der Waals surface area contributed by atoms with Crippen LogP contribution in [0.4, 0.5) is 5.69 Å². The summed E-state index contributed by atoms with van der Waals surface area (Å²) >= 11 is 13.1. The molecule has 0 bridgehead atoms. The maximum Gasteiger partial charge on any atom is 0.258 e. The van der Waals surface area contributed by atoms with Crippen molar-refractivity contribution < 1.29 is 14.4 Å². The van der Waals surface area contributed by atoms with E-state index in [2.05, 4.69) is 5.32 Å². The lowest BCUT2D eigenvalue weighted by Gasteiger charge is -2.33. The lowest BCUT2D eigenvalue weighted by molar-refractivity contribution is -0.141. The van der Waals surface area contributed by atoms with E-state index >= 15 is 0 Å². The Labute approximate surface area is 262 Å². The van der Waals surface area contributed by atoms with Crippen LogP contribution in [-0.4, -0.2) is 41.2 Å². The van der Waals surface area contributed by atoms with E-state index in [-0.39, 0.29) is 36.7 Å². The lowest BCUT2D eigenvalue weighted by atomic mass is 10.0. The summed E-state index contributed by atoms with van der Waals surface area (Å²) in [4.78, 5) is 44.5. The minimum Gasteiger partial charge on any atom is -0.352 e. The van der Waals surface area contributed by atoms with Crippen LogP contribution >= 0.6 is 23.2 Å². The maximum atomic E-state index is 14.1. The zero-order chi connectivity index (χ0) is 30.5. The highest BCUT2D eigenvalue weighted by Crippen LogP contribution is 2.37. The molecule has 4 aromatic rings. The Hall–Kier alpha value is -3.87. The van der Waals surface area contributed by atoms with Crippen molar-refractivity contribution >= 4 is 57.4 Å². The van der Waals surface area contributed by atoms with Crippen molar-refractivity contribution in [2.24, 2.45) is 0 Å². The van der Waals surface area contributed by atoms with Gasteiger partial charge in [-0.15, -0.1) is 0 Å². The van der Waals surface area contributed by atoms with E-state index in [4.69, 9.17) is 23.2 Å². The van der Waals surface area contributed by atoms with Crippen molar-refractivity contribution in [3.63, 3.8) is 0 Å². The van der Waals surface area contributed by atoms with Gasteiger partial charge in [0.05, 0.1) is 5.69 Å². The Morgan fingerprint density at radius 3 is 2.28 bits per heavy atom. The average molecular weight is 617 g/mol. The first-order valence-electron chi connectivity index (χ1n) is 14.7. The first-order valence-corrected chi connectivity index (χ1v) is 15.4. The molecule has 43 heavy (non-hydrogen) atoms. The third-order valence-electron chi connectivity index (χ3n) is 8.08. The van der Waals surface area contributed by atoms with Gasteiger partial charge in [-0.05, 0) is 55.0 Å². The second-order valence-corrected chi connectivity index (χ2v) is 11.8. The molecule has 0 spiro atoms. The predicted octanol–water partition coefficient (Wildman–Crippen LogP) is 7.44. The van der Waals surface area contributed by atoms with Gasteiger partial charge in [0, 0.05) is 58.5 Å². The fourth-order valence-electron chi connectivity index (χ4n) is 5.58. The summed E-state index contributed by atoms with van der Waals surface area (Å²) < 4.78 is 0. The number of nitrogens with zero attached hydrogens (tertiary/aromatic N) is 2. The van der Waals surface area contributed by atoms with Gasteiger partial charge in [-0.25, -0.2) is 0 Å². The molecule has 8 heteroatoms. The largest absolute Gasteiger partial charge is 0.352 e. The van der Waals surface area contributed by atoms with Crippen LogP contribution in [0.5, 0.6) is 0 Å². The third kappa shape index (κ3) is 6.71. The van der Waals surface area contributed by atoms with E-state index in [1.165, 1.54) is 0 Å². The molecular weight excluding hydrogens is 581 g/mol. The minimum atomic E-state index is -0.789. The topological polar surface area (TPSA) is 69.7 Å². The highest BCUT2D eigenvalue weighted by molar-refractivity contribution is 6.36. The van der Waals surface area contributed by atoms with Crippen molar-refractivity contribution in [3.8, 4) is 0 Å². The number of hydrogen-bond donors (Lipinski definition) is 1. The van der Waals surface area contributed by atoms with Crippen LogP contribution in [0.25, 0.3) is 10.8 Å². The van der Waals surface area contributed by atoms with Crippen molar-refractivity contribution in [1.29, 1.82) is 0 Å². The van der Waals surface area contributed by atoms with E-state index < -0.39 is 6.04 Å². The molecule has 0 fully saturated rings. The molecule has 6 nitrogen and oxygen atoms in total. The SMILES string of the molecule is CC[C@@H](C)NC(=O)[C@@H](Cc1ccccc1)N(Cc1c(Cl)cccc1Cl)C(=O)CCCN1C(=O)c2cccc3cccc1c23. The second-order valence-electron chi connectivity index (χ2n) is 11.0. The van der Waals surface area contributed by atoms with Gasteiger partial charge in [-0.3, -0.25) is 14.4 Å². The molecule has 1 aliphatic rings. The molecule has 0 aliphatic carbocycles. The normalized spacial score (nSPS) is 13.7. The van der Waals surface area contributed by atoms with Gasteiger partial charge >= 0.3 is 0 Å². The van der Waals surface area contributed by atoms with E-state index in [9.17, 15) is 14.4 Å². The predicted molar refractivity (Wildman–Crippen MR) is 174 cm³/mol. The van der Waals surface area contributed by atoms with Gasteiger partial charge in [-0.1, -0.05) is 90.8 Å².